The second-order valence-electron chi connectivity index (χ2n) is 7.02. The summed E-state index contributed by atoms with van der Waals surface area (Å²) in [6, 6.07) is 12.1. The molecular formula is C30H57N7O. The quantitative estimate of drug-likeness (QED) is 0.0997. The predicted octanol–water partition coefficient (Wildman–Crippen LogP) is 6.22. The van der Waals surface area contributed by atoms with Crippen LogP contribution in [0.2, 0.25) is 0 Å². The Morgan fingerprint density at radius 1 is 1.00 bits per heavy atom. The van der Waals surface area contributed by atoms with Gasteiger partial charge in [-0.15, -0.1) is 13.2 Å². The molecule has 0 aliphatic carbocycles. The van der Waals surface area contributed by atoms with Gasteiger partial charge in [0.1, 0.15) is 12.4 Å². The van der Waals surface area contributed by atoms with Crippen LogP contribution >= 0.6 is 0 Å². The van der Waals surface area contributed by atoms with Crippen molar-refractivity contribution in [3.63, 3.8) is 0 Å². The molecule has 0 amide bonds. The van der Waals surface area contributed by atoms with E-state index in [1.807, 2.05) is 85.4 Å². The minimum Gasteiger partial charge on any atom is -0.489 e. The fraction of sp³-hybridized carbons (Fsp3) is 0.433. The average Bonchev–Trinajstić information content (AvgIpc) is 2.96. The second-order valence-corrected chi connectivity index (χ2v) is 7.02. The van der Waals surface area contributed by atoms with Crippen molar-refractivity contribution in [1.82, 2.24) is 10.3 Å². The number of aryl methyl sites for hydroxylation is 2. The predicted molar refractivity (Wildman–Crippen MR) is 172 cm³/mol. The number of benzene rings is 2. The summed E-state index contributed by atoms with van der Waals surface area (Å²) in [7, 11) is 5.37. The molecule has 0 bridgehead atoms. The standard InChI is InChI=1S/C21H30N4O.C2H6N2.2C2H6.C2H4.CH5N/c1-6-12-24(4)15-23-18-10-11-21(17(3)13-18)26-14-19-16(2)8-7-9-20(19)25(5)22;1-2-4-3;4*1-2/h7-11,13,15H,6,12,14,22H2,1-5H3;2,4H,1,3H2;2*1-2H3;1-2H2;2H2,1H3. The average molecular weight is 532 g/mol. The normalized spacial score (nSPS) is 8.66. The van der Waals surface area contributed by atoms with Gasteiger partial charge in [0.2, 0.25) is 0 Å². The molecule has 0 aliphatic rings. The molecule has 0 fully saturated rings. The first-order valence-electron chi connectivity index (χ1n) is 13.0. The van der Waals surface area contributed by atoms with Crippen LogP contribution in [0.1, 0.15) is 57.7 Å². The fourth-order valence-electron chi connectivity index (χ4n) is 2.81. The van der Waals surface area contributed by atoms with Crippen LogP contribution in [-0.4, -0.2) is 38.9 Å². The summed E-state index contributed by atoms with van der Waals surface area (Å²) in [6.07, 6.45) is 4.38. The smallest absolute Gasteiger partial charge is 0.122 e. The van der Waals surface area contributed by atoms with Gasteiger partial charge in [0, 0.05) is 32.4 Å². The fourth-order valence-corrected chi connectivity index (χ4v) is 2.81. The van der Waals surface area contributed by atoms with E-state index in [9.17, 15) is 0 Å². The highest BCUT2D eigenvalue weighted by molar-refractivity contribution is 5.62. The summed E-state index contributed by atoms with van der Waals surface area (Å²) < 4.78 is 6.07. The lowest BCUT2D eigenvalue weighted by atomic mass is 10.1. The van der Waals surface area contributed by atoms with Gasteiger partial charge in [-0.3, -0.25) is 5.84 Å². The molecule has 0 unspecified atom stereocenters. The number of ether oxygens (including phenoxy) is 1. The molecule has 2 aromatic carbocycles. The minimum atomic E-state index is 0.478. The van der Waals surface area contributed by atoms with Crippen molar-refractivity contribution >= 4 is 17.7 Å². The molecule has 0 spiro atoms. The molecule has 7 N–H and O–H groups in total. The van der Waals surface area contributed by atoms with Crippen LogP contribution < -0.4 is 32.6 Å². The highest BCUT2D eigenvalue weighted by Crippen LogP contribution is 2.27. The lowest BCUT2D eigenvalue weighted by molar-refractivity contribution is 0.303. The molecule has 38 heavy (non-hydrogen) atoms. The Kier molecular flexibility index (Phi) is 32.9. The first-order chi connectivity index (χ1) is 18.3. The van der Waals surface area contributed by atoms with Gasteiger partial charge >= 0.3 is 0 Å². The van der Waals surface area contributed by atoms with E-state index in [0.29, 0.717) is 6.61 Å². The van der Waals surface area contributed by atoms with Gasteiger partial charge in [-0.1, -0.05) is 53.3 Å². The van der Waals surface area contributed by atoms with E-state index >= 15 is 0 Å². The number of hydrogen-bond donors (Lipinski definition) is 4. The molecule has 218 valence electrons. The lowest BCUT2D eigenvalue weighted by Crippen LogP contribution is -2.26. The van der Waals surface area contributed by atoms with Crippen LogP contribution in [0, 0.1) is 13.8 Å². The number of nitrogens with zero attached hydrogens (tertiary/aromatic N) is 3. The van der Waals surface area contributed by atoms with Crippen LogP contribution in [0.15, 0.2) is 67.3 Å². The molecule has 2 aromatic rings. The Labute approximate surface area is 234 Å². The largest absolute Gasteiger partial charge is 0.489 e. The van der Waals surface area contributed by atoms with E-state index in [0.717, 1.165) is 46.8 Å². The van der Waals surface area contributed by atoms with Crippen molar-refractivity contribution in [2.75, 3.05) is 32.7 Å². The molecule has 2 rings (SSSR count). The summed E-state index contributed by atoms with van der Waals surface area (Å²) in [4.78, 5) is 6.60. The Hall–Kier alpha value is -3.33. The first-order valence-corrected chi connectivity index (χ1v) is 13.0. The first kappa shape index (κ1) is 41.8. The zero-order valence-electron chi connectivity index (χ0n) is 25.8. The molecule has 0 aliphatic heterocycles. The number of rotatable bonds is 9. The van der Waals surface area contributed by atoms with Gasteiger partial charge in [-0.2, -0.15) is 0 Å². The molecule has 0 aromatic heterocycles. The third kappa shape index (κ3) is 18.9. The summed E-state index contributed by atoms with van der Waals surface area (Å²) in [6.45, 7) is 25.0. The third-order valence-electron chi connectivity index (χ3n) is 4.39. The third-order valence-corrected chi connectivity index (χ3v) is 4.39. The van der Waals surface area contributed by atoms with Crippen molar-refractivity contribution in [2.24, 2.45) is 22.4 Å². The van der Waals surface area contributed by atoms with Gasteiger partial charge < -0.3 is 25.8 Å². The van der Waals surface area contributed by atoms with Crippen LogP contribution in [-0.2, 0) is 6.61 Å². The van der Waals surface area contributed by atoms with Crippen molar-refractivity contribution in [1.29, 1.82) is 0 Å². The minimum absolute atomic E-state index is 0.478. The lowest BCUT2D eigenvalue weighted by Gasteiger charge is -2.19. The molecule has 0 saturated carbocycles. The summed E-state index contributed by atoms with van der Waals surface area (Å²) in [5, 5.41) is 1.63. The number of nitrogens with two attached hydrogens (primary N) is 3. The topological polar surface area (TPSA) is 118 Å². The molecule has 0 heterocycles. The molecule has 0 atom stereocenters. The molecule has 8 nitrogen and oxygen atoms in total. The van der Waals surface area contributed by atoms with Crippen LogP contribution in [0.3, 0.4) is 0 Å². The molecule has 8 heteroatoms. The Morgan fingerprint density at radius 2 is 1.55 bits per heavy atom. The Morgan fingerprint density at radius 3 is 2.00 bits per heavy atom. The highest BCUT2D eigenvalue weighted by atomic mass is 16.5. The van der Waals surface area contributed by atoms with Gasteiger partial charge in [0.25, 0.3) is 0 Å². The van der Waals surface area contributed by atoms with E-state index < -0.39 is 0 Å². The molecule has 0 radical (unpaired) electrons. The Bertz CT molecular complexity index is 839. The van der Waals surface area contributed by atoms with Crippen LogP contribution in [0.5, 0.6) is 5.75 Å². The summed E-state index contributed by atoms with van der Waals surface area (Å²) >= 11 is 0. The number of nitrogens with one attached hydrogen (secondary N) is 1. The zero-order valence-corrected chi connectivity index (χ0v) is 25.8. The van der Waals surface area contributed by atoms with Crippen LogP contribution in [0.4, 0.5) is 11.4 Å². The second kappa shape index (κ2) is 29.9. The summed E-state index contributed by atoms with van der Waals surface area (Å²) in [5.41, 5.74) is 11.9. The van der Waals surface area contributed by atoms with Gasteiger partial charge in [0.15, 0.2) is 0 Å². The van der Waals surface area contributed by atoms with Crippen LogP contribution in [0.25, 0.3) is 0 Å². The van der Waals surface area contributed by atoms with Gasteiger partial charge in [-0.25, -0.2) is 10.8 Å². The maximum atomic E-state index is 6.07. The van der Waals surface area contributed by atoms with E-state index in [4.69, 9.17) is 10.6 Å². The van der Waals surface area contributed by atoms with Crippen molar-refractivity contribution < 1.29 is 4.74 Å². The van der Waals surface area contributed by atoms with Crippen molar-refractivity contribution in [2.45, 2.75) is 61.5 Å². The Balaban J connectivity index is -0.000000416. The van der Waals surface area contributed by atoms with Gasteiger partial charge in [0.05, 0.1) is 17.7 Å². The molecule has 0 saturated heterocycles. The number of anilines is 1. The van der Waals surface area contributed by atoms with E-state index in [2.05, 4.69) is 66.5 Å². The van der Waals surface area contributed by atoms with Gasteiger partial charge in [-0.05, 0) is 62.7 Å². The SMILES string of the molecule is C=C.C=CNN.CC.CC.CCCN(C)C=Nc1ccc(OCc2c(C)cccc2N(C)N)c(C)c1.CN. The highest BCUT2D eigenvalue weighted by Gasteiger charge is 2.10. The van der Waals surface area contributed by atoms with E-state index in [1.54, 1.807) is 5.01 Å². The maximum Gasteiger partial charge on any atom is 0.122 e. The van der Waals surface area contributed by atoms with E-state index in [-0.39, 0.29) is 0 Å². The zero-order chi connectivity index (χ0) is 30.5. The number of hydrazine groups is 2. The summed E-state index contributed by atoms with van der Waals surface area (Å²) in [5.74, 6) is 11.5. The number of aliphatic imine (C=N–C) groups is 1. The monoisotopic (exact) mass is 531 g/mol. The van der Waals surface area contributed by atoms with Crippen molar-refractivity contribution in [3.8, 4) is 5.75 Å². The number of hydrogen-bond acceptors (Lipinski definition) is 7. The van der Waals surface area contributed by atoms with Crippen molar-refractivity contribution in [3.05, 3.63) is 79.0 Å². The van der Waals surface area contributed by atoms with E-state index in [1.165, 1.54) is 13.2 Å². The maximum absolute atomic E-state index is 6.07. The molecular weight excluding hydrogens is 474 g/mol.